The first-order valence-corrected chi connectivity index (χ1v) is 8.64. The Balaban J connectivity index is 1.65. The predicted molar refractivity (Wildman–Crippen MR) is 74.2 cm³/mol. The van der Waals surface area contributed by atoms with Crippen LogP contribution in [0.2, 0.25) is 0 Å². The molecule has 1 aromatic carbocycles. The molecule has 2 fully saturated rings. The monoisotopic (exact) mass is 294 g/mol. The van der Waals surface area contributed by atoms with E-state index in [4.69, 9.17) is 4.74 Å². The molecule has 2 heterocycles. The molecule has 0 radical (unpaired) electrons. The third-order valence-corrected chi connectivity index (χ3v) is 6.14. The van der Waals surface area contributed by atoms with Gasteiger partial charge in [-0.15, -0.1) is 0 Å². The molecular weight excluding hydrogens is 276 g/mol. The lowest BCUT2D eigenvalue weighted by Crippen LogP contribution is -2.43. The third-order valence-electron chi connectivity index (χ3n) is 4.61. The van der Waals surface area contributed by atoms with Gasteiger partial charge in [0.1, 0.15) is 16.7 Å². The first-order chi connectivity index (χ1) is 9.63. The summed E-state index contributed by atoms with van der Waals surface area (Å²) in [7, 11) is -3.47. The zero-order valence-corrected chi connectivity index (χ0v) is 12.0. The Hall–Kier alpha value is -1.11. The Morgan fingerprint density at radius 3 is 2.75 bits per heavy atom. The van der Waals surface area contributed by atoms with Crippen LogP contribution in [0.25, 0.3) is 0 Å². The first-order valence-electron chi connectivity index (χ1n) is 7.15. The highest BCUT2D eigenvalue weighted by Crippen LogP contribution is 2.33. The molecule has 0 amide bonds. The summed E-state index contributed by atoms with van der Waals surface area (Å²) < 4.78 is 33.6. The number of nitrogens with one attached hydrogen (secondary N) is 1. The van der Waals surface area contributed by atoms with Crippen molar-refractivity contribution in [3.63, 3.8) is 0 Å². The van der Waals surface area contributed by atoms with E-state index in [1.807, 2.05) is 6.07 Å². The molecular formula is C14H18N2O3S. The minimum Gasteiger partial charge on any atom is -0.486 e. The number of likely N-dealkylation sites (tertiary alicyclic amines) is 1. The van der Waals surface area contributed by atoms with Crippen LogP contribution in [0.3, 0.4) is 0 Å². The standard InChI is InChI=1S/C14H18N2O3S/c17-20(18)14-7-2-1-6-12(14)19-13-9-16(8-11(13)15-20)10-4-3-5-10/h1-2,6-7,10-11,13,15H,3-5,8-9H2. The highest BCUT2D eigenvalue weighted by molar-refractivity contribution is 7.89. The van der Waals surface area contributed by atoms with Crippen LogP contribution < -0.4 is 9.46 Å². The highest BCUT2D eigenvalue weighted by Gasteiger charge is 2.43. The van der Waals surface area contributed by atoms with E-state index >= 15 is 0 Å². The summed E-state index contributed by atoms with van der Waals surface area (Å²) in [4.78, 5) is 2.62. The van der Waals surface area contributed by atoms with Gasteiger partial charge in [-0.25, -0.2) is 13.1 Å². The zero-order chi connectivity index (χ0) is 13.7. The first kappa shape index (κ1) is 12.6. The van der Waals surface area contributed by atoms with E-state index in [1.165, 1.54) is 19.3 Å². The van der Waals surface area contributed by atoms with Crippen molar-refractivity contribution < 1.29 is 13.2 Å². The molecule has 0 aromatic heterocycles. The summed E-state index contributed by atoms with van der Waals surface area (Å²) in [5.41, 5.74) is 0. The van der Waals surface area contributed by atoms with Crippen molar-refractivity contribution in [3.05, 3.63) is 24.3 Å². The molecule has 6 heteroatoms. The Morgan fingerprint density at radius 2 is 2.00 bits per heavy atom. The normalized spacial score (nSPS) is 32.6. The molecule has 4 rings (SSSR count). The van der Waals surface area contributed by atoms with Gasteiger partial charge in [-0.2, -0.15) is 0 Å². The fourth-order valence-electron chi connectivity index (χ4n) is 3.28. The largest absolute Gasteiger partial charge is 0.486 e. The maximum absolute atomic E-state index is 12.4. The average Bonchev–Trinajstić information content (AvgIpc) is 2.65. The van der Waals surface area contributed by atoms with Gasteiger partial charge in [0, 0.05) is 19.1 Å². The van der Waals surface area contributed by atoms with Crippen LogP contribution in [0.5, 0.6) is 5.75 Å². The van der Waals surface area contributed by atoms with Crippen molar-refractivity contribution in [2.45, 2.75) is 42.3 Å². The number of rotatable bonds is 1. The Morgan fingerprint density at radius 1 is 1.20 bits per heavy atom. The van der Waals surface area contributed by atoms with E-state index in [0.717, 1.165) is 13.1 Å². The molecule has 1 saturated heterocycles. The molecule has 0 spiro atoms. The van der Waals surface area contributed by atoms with Gasteiger partial charge in [0.2, 0.25) is 10.0 Å². The summed E-state index contributed by atoms with van der Waals surface area (Å²) in [5.74, 6) is 0.475. The smallest absolute Gasteiger partial charge is 0.244 e. The number of hydrogen-bond donors (Lipinski definition) is 1. The van der Waals surface area contributed by atoms with E-state index in [-0.39, 0.29) is 17.0 Å². The molecule has 2 unspecified atom stereocenters. The number of ether oxygens (including phenoxy) is 1. The Kier molecular flexibility index (Phi) is 2.80. The van der Waals surface area contributed by atoms with Crippen LogP contribution >= 0.6 is 0 Å². The lowest BCUT2D eigenvalue weighted by molar-refractivity contribution is 0.131. The molecule has 1 aromatic rings. The topological polar surface area (TPSA) is 58.6 Å². The highest BCUT2D eigenvalue weighted by atomic mass is 32.2. The quantitative estimate of drug-likeness (QED) is 0.838. The van der Waals surface area contributed by atoms with Crippen LogP contribution in [0.15, 0.2) is 29.2 Å². The molecule has 0 bridgehead atoms. The second-order valence-corrected chi connectivity index (χ2v) is 7.55. The number of para-hydroxylation sites is 1. The molecule has 108 valence electrons. The molecule has 2 aliphatic heterocycles. The van der Waals surface area contributed by atoms with Crippen molar-refractivity contribution in [2.24, 2.45) is 0 Å². The molecule has 1 N–H and O–H groups in total. The molecule has 1 aliphatic carbocycles. The fourth-order valence-corrected chi connectivity index (χ4v) is 4.67. The minimum atomic E-state index is -3.47. The number of fused-ring (bicyclic) bond motifs is 2. The third kappa shape index (κ3) is 1.94. The van der Waals surface area contributed by atoms with Crippen LogP contribution in [-0.2, 0) is 10.0 Å². The van der Waals surface area contributed by atoms with Gasteiger partial charge in [0.25, 0.3) is 0 Å². The van der Waals surface area contributed by atoms with E-state index < -0.39 is 10.0 Å². The van der Waals surface area contributed by atoms with Gasteiger partial charge in [-0.1, -0.05) is 18.6 Å². The van der Waals surface area contributed by atoms with Gasteiger partial charge in [-0.05, 0) is 25.0 Å². The maximum Gasteiger partial charge on any atom is 0.244 e. The molecule has 1 saturated carbocycles. The lowest BCUT2D eigenvalue weighted by atomic mass is 9.92. The predicted octanol–water partition coefficient (Wildman–Crippen LogP) is 0.963. The minimum absolute atomic E-state index is 0.0889. The van der Waals surface area contributed by atoms with E-state index in [2.05, 4.69) is 9.62 Å². The van der Waals surface area contributed by atoms with Crippen LogP contribution in [0.1, 0.15) is 19.3 Å². The van der Waals surface area contributed by atoms with Gasteiger partial charge in [0.15, 0.2) is 0 Å². The van der Waals surface area contributed by atoms with Crippen LogP contribution in [-0.4, -0.2) is 44.6 Å². The van der Waals surface area contributed by atoms with Gasteiger partial charge in [0.05, 0.1) is 6.04 Å². The summed E-state index contributed by atoms with van der Waals surface area (Å²) in [6.45, 7) is 1.56. The van der Waals surface area contributed by atoms with Crippen molar-refractivity contribution >= 4 is 10.0 Å². The van der Waals surface area contributed by atoms with Crippen molar-refractivity contribution in [2.75, 3.05) is 13.1 Å². The second-order valence-electron chi connectivity index (χ2n) is 5.87. The number of hydrogen-bond acceptors (Lipinski definition) is 4. The van der Waals surface area contributed by atoms with Crippen molar-refractivity contribution in [1.29, 1.82) is 0 Å². The van der Waals surface area contributed by atoms with Gasteiger partial charge >= 0.3 is 0 Å². The zero-order valence-electron chi connectivity index (χ0n) is 11.2. The number of benzene rings is 1. The average molecular weight is 294 g/mol. The molecule has 5 nitrogen and oxygen atoms in total. The Bertz CT molecular complexity index is 627. The molecule has 2 atom stereocenters. The summed E-state index contributed by atoms with van der Waals surface area (Å²) in [6.07, 6.45) is 3.64. The number of nitrogens with zero attached hydrogens (tertiary/aromatic N) is 1. The van der Waals surface area contributed by atoms with Crippen molar-refractivity contribution in [1.82, 2.24) is 9.62 Å². The lowest BCUT2D eigenvalue weighted by Gasteiger charge is -2.34. The second kappa shape index (κ2) is 4.44. The fraction of sp³-hybridized carbons (Fsp3) is 0.571. The van der Waals surface area contributed by atoms with Gasteiger partial charge in [-0.3, -0.25) is 4.90 Å². The Labute approximate surface area is 119 Å². The molecule has 20 heavy (non-hydrogen) atoms. The SMILES string of the molecule is O=S1(=O)NC2CN(C3CCC3)CC2Oc2ccccc21. The summed E-state index contributed by atoms with van der Waals surface area (Å²) in [6, 6.07) is 7.35. The van der Waals surface area contributed by atoms with E-state index in [1.54, 1.807) is 18.2 Å². The van der Waals surface area contributed by atoms with E-state index in [9.17, 15) is 8.42 Å². The van der Waals surface area contributed by atoms with Gasteiger partial charge < -0.3 is 4.74 Å². The van der Waals surface area contributed by atoms with Crippen LogP contribution in [0, 0.1) is 0 Å². The number of sulfonamides is 1. The van der Waals surface area contributed by atoms with Crippen LogP contribution in [0.4, 0.5) is 0 Å². The van der Waals surface area contributed by atoms with Crippen molar-refractivity contribution in [3.8, 4) is 5.75 Å². The summed E-state index contributed by atoms with van der Waals surface area (Å²) >= 11 is 0. The molecule has 3 aliphatic rings. The maximum atomic E-state index is 12.4. The van der Waals surface area contributed by atoms with E-state index in [0.29, 0.717) is 11.8 Å². The summed E-state index contributed by atoms with van der Waals surface area (Å²) in [5, 5.41) is 0.